The third-order valence-corrected chi connectivity index (χ3v) is 4.88. The largest absolute Gasteiger partial charge is 0.444 e. The molecular weight excluding hydrogens is 280 g/mol. The second kappa shape index (κ2) is 7.18. The maximum atomic E-state index is 12.2. The van der Waals surface area contributed by atoms with E-state index in [1.807, 2.05) is 25.7 Å². The third-order valence-electron chi connectivity index (χ3n) is 4.88. The molecule has 1 aliphatic carbocycles. The van der Waals surface area contributed by atoms with Crippen LogP contribution in [0.2, 0.25) is 0 Å². The van der Waals surface area contributed by atoms with Gasteiger partial charge in [0.2, 0.25) is 0 Å². The van der Waals surface area contributed by atoms with E-state index in [4.69, 9.17) is 4.74 Å². The van der Waals surface area contributed by atoms with Gasteiger partial charge in [0.05, 0.1) is 0 Å². The number of nitrogens with zero attached hydrogens (tertiary/aromatic N) is 1. The summed E-state index contributed by atoms with van der Waals surface area (Å²) in [6, 6.07) is 0.215. The molecule has 2 fully saturated rings. The minimum atomic E-state index is -0.442. The molecule has 5 heteroatoms. The van der Waals surface area contributed by atoms with E-state index in [1.54, 1.807) is 0 Å². The lowest BCUT2D eigenvalue weighted by Crippen LogP contribution is -2.46. The number of aliphatic hydroxyl groups excluding tert-OH is 1. The van der Waals surface area contributed by atoms with Gasteiger partial charge in [-0.15, -0.1) is 0 Å². The zero-order chi connectivity index (χ0) is 16.2. The molecule has 1 aliphatic heterocycles. The molecule has 2 N–H and O–H groups in total. The lowest BCUT2D eigenvalue weighted by atomic mass is 9.87. The smallest absolute Gasteiger partial charge is 0.410 e. The highest BCUT2D eigenvalue weighted by atomic mass is 16.6. The molecule has 1 unspecified atom stereocenters. The molecule has 0 spiro atoms. The maximum Gasteiger partial charge on any atom is 0.410 e. The Morgan fingerprint density at radius 1 is 1.32 bits per heavy atom. The van der Waals surface area contributed by atoms with Crippen LogP contribution in [0.5, 0.6) is 0 Å². The van der Waals surface area contributed by atoms with Gasteiger partial charge in [0, 0.05) is 37.7 Å². The molecule has 1 heterocycles. The Labute approximate surface area is 134 Å². The maximum absolute atomic E-state index is 12.2. The third kappa shape index (κ3) is 4.59. The zero-order valence-corrected chi connectivity index (χ0v) is 14.4. The topological polar surface area (TPSA) is 61.8 Å². The van der Waals surface area contributed by atoms with Crippen molar-refractivity contribution < 1.29 is 14.6 Å². The van der Waals surface area contributed by atoms with E-state index in [-0.39, 0.29) is 24.2 Å². The summed E-state index contributed by atoms with van der Waals surface area (Å²) in [7, 11) is 0. The highest BCUT2D eigenvalue weighted by Crippen LogP contribution is 2.36. The van der Waals surface area contributed by atoms with Crippen LogP contribution >= 0.6 is 0 Å². The number of likely N-dealkylation sites (tertiary alicyclic amines) is 1. The minimum absolute atomic E-state index is 0.0648. The molecule has 0 bridgehead atoms. The van der Waals surface area contributed by atoms with Crippen LogP contribution in [0.4, 0.5) is 4.79 Å². The van der Waals surface area contributed by atoms with Gasteiger partial charge in [-0.3, -0.25) is 0 Å². The van der Waals surface area contributed by atoms with Crippen molar-refractivity contribution in [3.8, 4) is 0 Å². The predicted octanol–water partition coefficient (Wildman–Crippen LogP) is 2.53. The molecule has 0 aromatic heterocycles. The number of nitrogens with one attached hydrogen (secondary N) is 1. The predicted molar refractivity (Wildman–Crippen MR) is 86.8 cm³/mol. The van der Waals surface area contributed by atoms with E-state index in [2.05, 4.69) is 5.32 Å². The van der Waals surface area contributed by atoms with Gasteiger partial charge in [0.25, 0.3) is 0 Å². The Balaban J connectivity index is 1.80. The fraction of sp³-hybridized carbons (Fsp3) is 0.941. The van der Waals surface area contributed by atoms with Crippen LogP contribution in [-0.2, 0) is 4.74 Å². The quantitative estimate of drug-likeness (QED) is 0.819. The van der Waals surface area contributed by atoms with Crippen LogP contribution in [-0.4, -0.2) is 54.0 Å². The molecule has 2 rings (SSSR count). The van der Waals surface area contributed by atoms with Gasteiger partial charge in [0.1, 0.15) is 5.60 Å². The molecule has 0 radical (unpaired) electrons. The molecule has 0 aromatic rings. The van der Waals surface area contributed by atoms with E-state index in [9.17, 15) is 9.90 Å². The van der Waals surface area contributed by atoms with Crippen LogP contribution < -0.4 is 5.32 Å². The van der Waals surface area contributed by atoms with Crippen molar-refractivity contribution in [3.63, 3.8) is 0 Å². The molecular formula is C17H32N2O3. The van der Waals surface area contributed by atoms with Gasteiger partial charge >= 0.3 is 6.09 Å². The summed E-state index contributed by atoms with van der Waals surface area (Å²) in [5.74, 6) is 0. The summed E-state index contributed by atoms with van der Waals surface area (Å²) in [5, 5.41) is 13.2. The first kappa shape index (κ1) is 17.5. The Bertz CT molecular complexity index is 373. The first-order chi connectivity index (χ1) is 10.4. The van der Waals surface area contributed by atoms with Crippen LogP contribution in [0.1, 0.15) is 59.3 Å². The summed E-state index contributed by atoms with van der Waals surface area (Å²) < 4.78 is 5.49. The van der Waals surface area contributed by atoms with Gasteiger partial charge in [0.15, 0.2) is 0 Å². The van der Waals surface area contributed by atoms with Crippen molar-refractivity contribution in [2.45, 2.75) is 70.9 Å². The molecule has 1 saturated heterocycles. The molecule has 22 heavy (non-hydrogen) atoms. The first-order valence-electron chi connectivity index (χ1n) is 8.66. The summed E-state index contributed by atoms with van der Waals surface area (Å²) >= 11 is 0. The van der Waals surface area contributed by atoms with Crippen molar-refractivity contribution in [2.75, 3.05) is 26.2 Å². The fourth-order valence-corrected chi connectivity index (χ4v) is 3.63. The molecule has 2 aliphatic rings. The monoisotopic (exact) mass is 312 g/mol. The molecule has 5 nitrogen and oxygen atoms in total. The van der Waals surface area contributed by atoms with Crippen LogP contribution in [0.3, 0.4) is 0 Å². The summed E-state index contributed by atoms with van der Waals surface area (Å²) in [4.78, 5) is 14.1. The summed E-state index contributed by atoms with van der Waals surface area (Å²) in [5.41, 5.74) is -0.377. The van der Waals surface area contributed by atoms with Gasteiger partial charge < -0.3 is 20.1 Å². The Morgan fingerprint density at radius 3 is 2.59 bits per heavy atom. The summed E-state index contributed by atoms with van der Waals surface area (Å²) in [6.45, 7) is 8.40. The Hall–Kier alpha value is -0.810. The number of carbonyl (C=O) groups is 1. The highest BCUT2D eigenvalue weighted by Gasteiger charge is 2.35. The number of amides is 1. The SMILES string of the molecule is CC(C)(C)OC(=O)N1CCCC1CNCC1(CO)CCCC1. The van der Waals surface area contributed by atoms with E-state index in [0.29, 0.717) is 0 Å². The molecule has 1 amide bonds. The summed E-state index contributed by atoms with van der Waals surface area (Å²) in [6.07, 6.45) is 6.52. The Morgan fingerprint density at radius 2 is 2.00 bits per heavy atom. The van der Waals surface area contributed by atoms with Gasteiger partial charge in [-0.2, -0.15) is 0 Å². The number of carbonyl (C=O) groups excluding carboxylic acids is 1. The number of ether oxygens (including phenoxy) is 1. The average Bonchev–Trinajstić information content (AvgIpc) is 3.06. The van der Waals surface area contributed by atoms with E-state index in [0.717, 1.165) is 45.3 Å². The second-order valence-electron chi connectivity index (χ2n) is 7.97. The van der Waals surface area contributed by atoms with Crippen molar-refractivity contribution in [1.29, 1.82) is 0 Å². The fourth-order valence-electron chi connectivity index (χ4n) is 3.63. The zero-order valence-electron chi connectivity index (χ0n) is 14.4. The van der Waals surface area contributed by atoms with E-state index < -0.39 is 5.60 Å². The molecule has 0 aromatic carbocycles. The van der Waals surface area contributed by atoms with Crippen molar-refractivity contribution in [1.82, 2.24) is 10.2 Å². The van der Waals surface area contributed by atoms with E-state index >= 15 is 0 Å². The van der Waals surface area contributed by atoms with E-state index in [1.165, 1.54) is 12.8 Å². The number of hydrogen-bond donors (Lipinski definition) is 2. The van der Waals surface area contributed by atoms with Crippen molar-refractivity contribution >= 4 is 6.09 Å². The highest BCUT2D eigenvalue weighted by molar-refractivity contribution is 5.69. The lowest BCUT2D eigenvalue weighted by Gasteiger charge is -2.31. The number of rotatable bonds is 5. The number of aliphatic hydroxyl groups is 1. The van der Waals surface area contributed by atoms with Gasteiger partial charge in [-0.1, -0.05) is 12.8 Å². The van der Waals surface area contributed by atoms with Crippen LogP contribution in [0.25, 0.3) is 0 Å². The second-order valence-corrected chi connectivity index (χ2v) is 7.97. The first-order valence-corrected chi connectivity index (χ1v) is 8.66. The molecule has 1 saturated carbocycles. The normalized spacial score (nSPS) is 24.7. The van der Waals surface area contributed by atoms with Gasteiger partial charge in [-0.05, 0) is 46.5 Å². The van der Waals surface area contributed by atoms with Crippen LogP contribution in [0.15, 0.2) is 0 Å². The lowest BCUT2D eigenvalue weighted by molar-refractivity contribution is 0.0223. The van der Waals surface area contributed by atoms with Crippen LogP contribution in [0, 0.1) is 5.41 Å². The standard InChI is InChI=1S/C17H32N2O3/c1-16(2,3)22-15(21)19-10-6-7-14(19)11-18-12-17(13-20)8-4-5-9-17/h14,18,20H,4-13H2,1-3H3. The Kier molecular flexibility index (Phi) is 5.72. The number of hydrogen-bond acceptors (Lipinski definition) is 4. The molecule has 1 atom stereocenters. The minimum Gasteiger partial charge on any atom is -0.444 e. The molecule has 128 valence electrons. The average molecular weight is 312 g/mol. The van der Waals surface area contributed by atoms with Crippen molar-refractivity contribution in [2.24, 2.45) is 5.41 Å². The van der Waals surface area contributed by atoms with Gasteiger partial charge in [-0.25, -0.2) is 4.79 Å². The van der Waals surface area contributed by atoms with Crippen molar-refractivity contribution in [3.05, 3.63) is 0 Å².